The molecular formula is C23H23N3. The number of allylic oxidation sites excluding steroid dienone is 1. The molecule has 0 aliphatic carbocycles. The van der Waals surface area contributed by atoms with Gasteiger partial charge >= 0.3 is 0 Å². The lowest BCUT2D eigenvalue weighted by Crippen LogP contribution is -2.03. The van der Waals surface area contributed by atoms with E-state index in [0.29, 0.717) is 0 Å². The van der Waals surface area contributed by atoms with Gasteiger partial charge in [0.15, 0.2) is 0 Å². The van der Waals surface area contributed by atoms with Crippen LogP contribution in [0, 0.1) is 11.8 Å². The molecule has 0 radical (unpaired) electrons. The Hall–Kier alpha value is -3.12. The minimum atomic E-state index is 0.752. The lowest BCUT2D eigenvalue weighted by molar-refractivity contribution is 0.942. The number of aryl methyl sites for hydroxylation is 1. The van der Waals surface area contributed by atoms with Crippen LogP contribution in [0.25, 0.3) is 10.9 Å². The maximum Gasteiger partial charge on any atom is 0.137 e. The lowest BCUT2D eigenvalue weighted by atomic mass is 10.0. The second-order valence-corrected chi connectivity index (χ2v) is 6.33. The fourth-order valence-corrected chi connectivity index (χ4v) is 2.76. The number of nitrogens with zero attached hydrogens (tertiary/aromatic N) is 2. The first-order valence-electron chi connectivity index (χ1n) is 8.89. The Morgan fingerprint density at radius 2 is 1.88 bits per heavy atom. The molecule has 26 heavy (non-hydrogen) atoms. The van der Waals surface area contributed by atoms with E-state index in [0.717, 1.165) is 48.1 Å². The van der Waals surface area contributed by atoms with Gasteiger partial charge in [-0.15, -0.1) is 6.58 Å². The largest absolute Gasteiger partial charge is 0.368 e. The molecule has 1 heterocycles. The van der Waals surface area contributed by atoms with Gasteiger partial charge in [0.25, 0.3) is 0 Å². The van der Waals surface area contributed by atoms with Crippen LogP contribution in [0.3, 0.4) is 0 Å². The topological polar surface area (TPSA) is 37.8 Å². The summed E-state index contributed by atoms with van der Waals surface area (Å²) in [7, 11) is 0. The van der Waals surface area contributed by atoms with Gasteiger partial charge < -0.3 is 5.32 Å². The molecular weight excluding hydrogens is 318 g/mol. The Balaban J connectivity index is 1.60. The van der Waals surface area contributed by atoms with E-state index in [4.69, 9.17) is 0 Å². The van der Waals surface area contributed by atoms with Crippen molar-refractivity contribution >= 4 is 16.7 Å². The highest BCUT2D eigenvalue weighted by Crippen LogP contribution is 2.18. The van der Waals surface area contributed by atoms with E-state index in [1.165, 1.54) is 11.1 Å². The van der Waals surface area contributed by atoms with Crippen molar-refractivity contribution < 1.29 is 0 Å². The van der Waals surface area contributed by atoms with E-state index in [1.807, 2.05) is 30.3 Å². The zero-order chi connectivity index (χ0) is 18.2. The van der Waals surface area contributed by atoms with Crippen LogP contribution in [0.2, 0.25) is 0 Å². The van der Waals surface area contributed by atoms with Crippen molar-refractivity contribution in [2.24, 2.45) is 0 Å². The van der Waals surface area contributed by atoms with Crippen LogP contribution in [-0.4, -0.2) is 16.5 Å². The summed E-state index contributed by atoms with van der Waals surface area (Å²) in [5.74, 6) is 7.44. The zero-order valence-corrected chi connectivity index (χ0v) is 15.1. The normalized spacial score (nSPS) is 10.2. The number of rotatable bonds is 6. The van der Waals surface area contributed by atoms with Crippen LogP contribution < -0.4 is 5.32 Å². The Labute approximate surface area is 155 Å². The van der Waals surface area contributed by atoms with Crippen molar-refractivity contribution in [2.45, 2.75) is 26.2 Å². The molecule has 3 nitrogen and oxygen atoms in total. The molecule has 0 bridgehead atoms. The second-order valence-electron chi connectivity index (χ2n) is 6.33. The molecule has 130 valence electrons. The van der Waals surface area contributed by atoms with E-state index in [-0.39, 0.29) is 0 Å². The van der Waals surface area contributed by atoms with Crippen LogP contribution in [0.5, 0.6) is 0 Å². The minimum Gasteiger partial charge on any atom is -0.368 e. The third-order valence-electron chi connectivity index (χ3n) is 4.15. The van der Waals surface area contributed by atoms with Gasteiger partial charge in [-0.1, -0.05) is 47.7 Å². The maximum atomic E-state index is 4.34. The summed E-state index contributed by atoms with van der Waals surface area (Å²) in [6, 6.07) is 16.4. The number of anilines is 1. The van der Waals surface area contributed by atoms with Crippen molar-refractivity contribution in [3.63, 3.8) is 0 Å². The summed E-state index contributed by atoms with van der Waals surface area (Å²) >= 11 is 0. The molecule has 0 saturated heterocycles. The first kappa shape index (κ1) is 17.7. The van der Waals surface area contributed by atoms with Crippen molar-refractivity contribution in [3.8, 4) is 11.8 Å². The highest BCUT2D eigenvalue weighted by atomic mass is 15.0. The van der Waals surface area contributed by atoms with Crippen molar-refractivity contribution in [3.05, 3.63) is 78.1 Å². The average Bonchev–Trinajstić information content (AvgIpc) is 2.67. The molecule has 0 atom stereocenters. The van der Waals surface area contributed by atoms with Crippen molar-refractivity contribution in [2.75, 3.05) is 11.9 Å². The van der Waals surface area contributed by atoms with Crippen molar-refractivity contribution in [1.82, 2.24) is 9.97 Å². The minimum absolute atomic E-state index is 0.752. The van der Waals surface area contributed by atoms with Gasteiger partial charge in [0, 0.05) is 23.9 Å². The van der Waals surface area contributed by atoms with E-state index >= 15 is 0 Å². The van der Waals surface area contributed by atoms with Crippen LogP contribution in [0.1, 0.15) is 30.9 Å². The molecule has 0 spiro atoms. The Kier molecular flexibility index (Phi) is 6.01. The van der Waals surface area contributed by atoms with E-state index in [2.05, 4.69) is 58.8 Å². The number of nitrogens with one attached hydrogen (secondary N) is 1. The molecule has 2 aromatic carbocycles. The highest BCUT2D eigenvalue weighted by molar-refractivity contribution is 5.88. The van der Waals surface area contributed by atoms with Gasteiger partial charge in [0.2, 0.25) is 0 Å². The van der Waals surface area contributed by atoms with Gasteiger partial charge in [-0.05, 0) is 43.5 Å². The molecule has 0 amide bonds. The number of benzene rings is 2. The number of para-hydroxylation sites is 1. The zero-order valence-electron chi connectivity index (χ0n) is 15.1. The molecule has 3 aromatic rings. The first-order valence-corrected chi connectivity index (χ1v) is 8.89. The van der Waals surface area contributed by atoms with Gasteiger partial charge in [-0.2, -0.15) is 0 Å². The van der Waals surface area contributed by atoms with Gasteiger partial charge in [-0.3, -0.25) is 0 Å². The molecule has 0 aliphatic heterocycles. The number of aromatic nitrogens is 2. The van der Waals surface area contributed by atoms with E-state index in [1.54, 1.807) is 6.33 Å². The third-order valence-corrected chi connectivity index (χ3v) is 4.15. The van der Waals surface area contributed by atoms with Gasteiger partial charge in [-0.25, -0.2) is 9.97 Å². The summed E-state index contributed by atoms with van der Waals surface area (Å²) in [4.78, 5) is 8.62. The van der Waals surface area contributed by atoms with Crippen LogP contribution in [0.15, 0.2) is 67.0 Å². The molecule has 3 heteroatoms. The summed E-state index contributed by atoms with van der Waals surface area (Å²) in [6.07, 6.45) is 4.34. The molecule has 0 aliphatic rings. The summed E-state index contributed by atoms with van der Waals surface area (Å²) in [5.41, 5.74) is 4.55. The fraction of sp³-hybridized carbons (Fsp3) is 0.217. The Morgan fingerprint density at radius 3 is 2.77 bits per heavy atom. The van der Waals surface area contributed by atoms with Crippen molar-refractivity contribution in [1.29, 1.82) is 0 Å². The average molecular weight is 341 g/mol. The molecule has 3 rings (SSSR count). The maximum absolute atomic E-state index is 4.34. The second kappa shape index (κ2) is 8.82. The number of hydrogen-bond acceptors (Lipinski definition) is 3. The van der Waals surface area contributed by atoms with E-state index < -0.39 is 0 Å². The molecule has 0 fully saturated rings. The number of fused-ring (bicyclic) bond motifs is 1. The predicted molar refractivity (Wildman–Crippen MR) is 109 cm³/mol. The lowest BCUT2D eigenvalue weighted by Gasteiger charge is -2.06. The van der Waals surface area contributed by atoms with Crippen LogP contribution >= 0.6 is 0 Å². The molecule has 0 unspecified atom stereocenters. The standard InChI is InChI=1S/C23H23N3/c1-18(2)14-15-20-10-4-3-9-19(20)11-7-8-16-24-23-21-12-5-6-13-22(21)25-17-26-23/h3-6,9-10,12-13,17H,1,8,14-16H2,2H3,(H,24,25,26). The number of hydrogen-bond donors (Lipinski definition) is 1. The third kappa shape index (κ3) is 4.70. The smallest absolute Gasteiger partial charge is 0.137 e. The van der Waals surface area contributed by atoms with Crippen LogP contribution in [-0.2, 0) is 6.42 Å². The van der Waals surface area contributed by atoms with Gasteiger partial charge in [0.1, 0.15) is 12.1 Å². The van der Waals surface area contributed by atoms with Crippen LogP contribution in [0.4, 0.5) is 5.82 Å². The fourth-order valence-electron chi connectivity index (χ4n) is 2.76. The summed E-state index contributed by atoms with van der Waals surface area (Å²) in [6.45, 7) is 6.80. The Bertz CT molecular complexity index is 958. The summed E-state index contributed by atoms with van der Waals surface area (Å²) < 4.78 is 0. The summed E-state index contributed by atoms with van der Waals surface area (Å²) in [5, 5.41) is 4.40. The molecule has 1 N–H and O–H groups in total. The quantitative estimate of drug-likeness (QED) is 0.390. The van der Waals surface area contributed by atoms with Gasteiger partial charge in [0.05, 0.1) is 5.52 Å². The van der Waals surface area contributed by atoms with E-state index in [9.17, 15) is 0 Å². The molecule has 1 aromatic heterocycles. The Morgan fingerprint density at radius 1 is 1.08 bits per heavy atom. The predicted octanol–water partition coefficient (Wildman–Crippen LogP) is 4.99. The monoisotopic (exact) mass is 341 g/mol. The molecule has 0 saturated carbocycles. The first-order chi connectivity index (χ1) is 12.7. The SMILES string of the molecule is C=C(C)CCc1ccccc1C#CCCNc1ncnc2ccccc12. The highest BCUT2D eigenvalue weighted by Gasteiger charge is 2.01.